The first-order valence-electron chi connectivity index (χ1n) is 12.6. The van der Waals surface area contributed by atoms with E-state index in [9.17, 15) is 13.2 Å². The third-order valence-electron chi connectivity index (χ3n) is 6.51. The summed E-state index contributed by atoms with van der Waals surface area (Å²) < 4.78 is 34.5. The molecule has 0 atom stereocenters. The highest BCUT2D eigenvalue weighted by Gasteiger charge is 2.26. The van der Waals surface area contributed by atoms with E-state index in [1.54, 1.807) is 72.8 Å². The Hall–Kier alpha value is -3.81. The minimum atomic E-state index is -3.88. The third kappa shape index (κ3) is 6.80. The van der Waals surface area contributed by atoms with E-state index in [0.29, 0.717) is 29.4 Å². The Bertz CT molecular complexity index is 1560. The molecule has 0 bridgehead atoms. The number of benzene rings is 4. The predicted molar refractivity (Wildman–Crippen MR) is 156 cm³/mol. The van der Waals surface area contributed by atoms with Crippen molar-refractivity contribution in [1.29, 1.82) is 0 Å². The van der Waals surface area contributed by atoms with Crippen LogP contribution in [-0.2, 0) is 16.6 Å². The molecule has 4 aromatic rings. The van der Waals surface area contributed by atoms with Crippen LogP contribution in [0.5, 0.6) is 5.75 Å². The largest absolute Gasteiger partial charge is 0.491 e. The van der Waals surface area contributed by atoms with E-state index in [1.807, 2.05) is 39.0 Å². The molecule has 0 saturated heterocycles. The molecular formula is C31H31ClN2O4S. The van der Waals surface area contributed by atoms with Crippen molar-refractivity contribution in [3.05, 3.63) is 124 Å². The molecule has 202 valence electrons. The first-order chi connectivity index (χ1) is 18.7. The number of carbonyl (C=O) groups is 1. The molecule has 0 aromatic heterocycles. The molecule has 1 amide bonds. The second-order valence-electron chi connectivity index (χ2n) is 9.25. The molecular weight excluding hydrogens is 532 g/mol. The smallest absolute Gasteiger partial charge is 0.264 e. The summed E-state index contributed by atoms with van der Waals surface area (Å²) in [5.74, 6) is 0.573. The van der Waals surface area contributed by atoms with Crippen molar-refractivity contribution in [3.8, 4) is 5.75 Å². The van der Waals surface area contributed by atoms with Crippen molar-refractivity contribution >= 4 is 33.2 Å². The van der Waals surface area contributed by atoms with Gasteiger partial charge < -0.3 is 10.1 Å². The molecule has 4 rings (SSSR count). The van der Waals surface area contributed by atoms with Gasteiger partial charge in [0, 0.05) is 10.6 Å². The summed E-state index contributed by atoms with van der Waals surface area (Å²) in [6.07, 6.45) is 0. The molecule has 0 aliphatic heterocycles. The normalized spacial score (nSPS) is 11.2. The van der Waals surface area contributed by atoms with Gasteiger partial charge in [-0.3, -0.25) is 9.10 Å². The zero-order valence-corrected chi connectivity index (χ0v) is 23.7. The van der Waals surface area contributed by atoms with Gasteiger partial charge in [0.25, 0.3) is 15.9 Å². The zero-order chi connectivity index (χ0) is 28.0. The average Bonchev–Trinajstić information content (AvgIpc) is 2.94. The number of nitrogens with zero attached hydrogens (tertiary/aromatic N) is 1. The maximum atomic E-state index is 13.7. The maximum absolute atomic E-state index is 13.7. The van der Waals surface area contributed by atoms with Crippen LogP contribution in [0.1, 0.15) is 32.6 Å². The zero-order valence-electron chi connectivity index (χ0n) is 22.1. The van der Waals surface area contributed by atoms with Gasteiger partial charge in [-0.25, -0.2) is 8.42 Å². The number of ether oxygens (including phenoxy) is 1. The van der Waals surface area contributed by atoms with Gasteiger partial charge in [0.2, 0.25) is 0 Å². The lowest BCUT2D eigenvalue weighted by atomic mass is 10.1. The molecule has 0 saturated carbocycles. The van der Waals surface area contributed by atoms with Crippen LogP contribution in [0.4, 0.5) is 5.69 Å². The van der Waals surface area contributed by atoms with E-state index in [1.165, 1.54) is 4.31 Å². The molecule has 0 unspecified atom stereocenters. The molecule has 0 aliphatic carbocycles. The van der Waals surface area contributed by atoms with Crippen LogP contribution in [0.15, 0.2) is 95.9 Å². The molecule has 0 aliphatic rings. The minimum absolute atomic E-state index is 0.0734. The van der Waals surface area contributed by atoms with E-state index in [4.69, 9.17) is 16.3 Å². The van der Waals surface area contributed by atoms with Crippen LogP contribution in [0.3, 0.4) is 0 Å². The molecule has 4 aromatic carbocycles. The number of hydrogen-bond acceptors (Lipinski definition) is 4. The van der Waals surface area contributed by atoms with Gasteiger partial charge >= 0.3 is 0 Å². The number of carbonyl (C=O) groups excluding carboxylic acids is 1. The molecule has 0 radical (unpaired) electrons. The quantitative estimate of drug-likeness (QED) is 0.225. The Kier molecular flexibility index (Phi) is 8.94. The lowest BCUT2D eigenvalue weighted by Crippen LogP contribution is -2.31. The van der Waals surface area contributed by atoms with Crippen molar-refractivity contribution in [2.45, 2.75) is 32.2 Å². The van der Waals surface area contributed by atoms with Gasteiger partial charge in [-0.05, 0) is 85.5 Å². The van der Waals surface area contributed by atoms with Crippen molar-refractivity contribution in [2.24, 2.45) is 0 Å². The van der Waals surface area contributed by atoms with Gasteiger partial charge in [-0.15, -0.1) is 0 Å². The van der Waals surface area contributed by atoms with Gasteiger partial charge in [0.15, 0.2) is 0 Å². The molecule has 6 nitrogen and oxygen atoms in total. The number of halogens is 1. The van der Waals surface area contributed by atoms with Crippen LogP contribution in [-0.4, -0.2) is 27.5 Å². The summed E-state index contributed by atoms with van der Waals surface area (Å²) in [4.78, 5) is 12.9. The Morgan fingerprint density at radius 3 is 2.31 bits per heavy atom. The SMILES string of the molecule is Cc1ccc(Cl)cc1N(Cc1ccc(C(=O)NCCOc2cccc(C)c2C)cc1)S(=O)(=O)c1ccccc1. The third-order valence-corrected chi connectivity index (χ3v) is 8.52. The molecule has 0 spiro atoms. The summed E-state index contributed by atoms with van der Waals surface area (Å²) in [5.41, 5.74) is 4.70. The van der Waals surface area contributed by atoms with E-state index >= 15 is 0 Å². The number of aryl methyl sites for hydroxylation is 2. The monoisotopic (exact) mass is 562 g/mol. The van der Waals surface area contributed by atoms with E-state index in [-0.39, 0.29) is 17.3 Å². The summed E-state index contributed by atoms with van der Waals surface area (Å²) in [6.45, 7) is 6.65. The molecule has 39 heavy (non-hydrogen) atoms. The summed E-state index contributed by atoms with van der Waals surface area (Å²) in [7, 11) is -3.88. The highest BCUT2D eigenvalue weighted by molar-refractivity contribution is 7.92. The van der Waals surface area contributed by atoms with Crippen LogP contribution < -0.4 is 14.4 Å². The lowest BCUT2D eigenvalue weighted by Gasteiger charge is -2.26. The van der Waals surface area contributed by atoms with Crippen molar-refractivity contribution in [3.63, 3.8) is 0 Å². The van der Waals surface area contributed by atoms with Crippen LogP contribution >= 0.6 is 11.6 Å². The Morgan fingerprint density at radius 2 is 1.59 bits per heavy atom. The van der Waals surface area contributed by atoms with E-state index in [0.717, 1.165) is 28.0 Å². The van der Waals surface area contributed by atoms with Gasteiger partial charge in [0.05, 0.1) is 23.7 Å². The average molecular weight is 563 g/mol. The second-order valence-corrected chi connectivity index (χ2v) is 11.6. The molecule has 0 fully saturated rings. The highest BCUT2D eigenvalue weighted by Crippen LogP contribution is 2.31. The fourth-order valence-corrected chi connectivity index (χ4v) is 5.80. The van der Waals surface area contributed by atoms with Crippen LogP contribution in [0.2, 0.25) is 5.02 Å². The van der Waals surface area contributed by atoms with E-state index in [2.05, 4.69) is 5.32 Å². The minimum Gasteiger partial charge on any atom is -0.491 e. The summed E-state index contributed by atoms with van der Waals surface area (Å²) in [5, 5.41) is 3.31. The number of rotatable bonds is 10. The first kappa shape index (κ1) is 28.2. The second kappa shape index (κ2) is 12.4. The van der Waals surface area contributed by atoms with Gasteiger partial charge in [-0.2, -0.15) is 0 Å². The molecule has 0 heterocycles. The van der Waals surface area contributed by atoms with Gasteiger partial charge in [-0.1, -0.05) is 60.1 Å². The van der Waals surface area contributed by atoms with Crippen molar-refractivity contribution < 1.29 is 17.9 Å². The number of nitrogens with one attached hydrogen (secondary N) is 1. The van der Waals surface area contributed by atoms with Crippen LogP contribution in [0.25, 0.3) is 0 Å². The Labute approximate surface area is 235 Å². The number of amides is 1. The number of anilines is 1. The number of sulfonamides is 1. The summed E-state index contributed by atoms with van der Waals surface area (Å²) >= 11 is 6.24. The summed E-state index contributed by atoms with van der Waals surface area (Å²) in [6, 6.07) is 26.2. The first-order valence-corrected chi connectivity index (χ1v) is 14.4. The maximum Gasteiger partial charge on any atom is 0.264 e. The van der Waals surface area contributed by atoms with Gasteiger partial charge in [0.1, 0.15) is 12.4 Å². The highest BCUT2D eigenvalue weighted by atomic mass is 35.5. The Balaban J connectivity index is 1.46. The lowest BCUT2D eigenvalue weighted by molar-refractivity contribution is 0.0947. The fraction of sp³-hybridized carbons (Fsp3) is 0.194. The predicted octanol–water partition coefficient (Wildman–Crippen LogP) is 6.47. The fourth-order valence-electron chi connectivity index (χ4n) is 4.11. The molecule has 1 N–H and O–H groups in total. The molecule has 8 heteroatoms. The topological polar surface area (TPSA) is 75.7 Å². The number of hydrogen-bond donors (Lipinski definition) is 1. The van der Waals surface area contributed by atoms with Crippen molar-refractivity contribution in [2.75, 3.05) is 17.5 Å². The van der Waals surface area contributed by atoms with Crippen LogP contribution in [0, 0.1) is 20.8 Å². The van der Waals surface area contributed by atoms with Crippen molar-refractivity contribution in [1.82, 2.24) is 5.32 Å². The van der Waals surface area contributed by atoms with E-state index < -0.39 is 10.0 Å². The Morgan fingerprint density at radius 1 is 0.872 bits per heavy atom. The standard InChI is InChI=1S/C31H31ClN2O4S/c1-22-8-7-11-30(24(22)3)38-19-18-33-31(35)26-15-13-25(14-16-26)21-34(29-20-27(32)17-12-23(29)2)39(36,37)28-9-5-4-6-10-28/h4-17,20H,18-19,21H2,1-3H3,(H,33,35).